The highest BCUT2D eigenvalue weighted by atomic mass is 19.1. The molecule has 1 aromatic heterocycles. The Morgan fingerprint density at radius 2 is 1.55 bits per heavy atom. The number of nitrogens with one attached hydrogen (secondary N) is 1. The van der Waals surface area contributed by atoms with Gasteiger partial charge in [-0.1, -0.05) is 38.1 Å². The van der Waals surface area contributed by atoms with Gasteiger partial charge in [0.1, 0.15) is 5.82 Å². The molecule has 7 rings (SSSR count). The van der Waals surface area contributed by atoms with Crippen LogP contribution in [-0.4, -0.2) is 20.3 Å². The molecule has 1 N–H and O–H groups in total. The van der Waals surface area contributed by atoms with Crippen LogP contribution in [0.25, 0.3) is 17.1 Å². The quantitative estimate of drug-likeness (QED) is 0.488. The number of aromatic nitrogens is 3. The second-order valence-electron chi connectivity index (χ2n) is 11.1. The summed E-state index contributed by atoms with van der Waals surface area (Å²) < 4.78 is 15.4. The predicted molar refractivity (Wildman–Crippen MR) is 129 cm³/mol. The molecule has 5 heteroatoms. The first-order chi connectivity index (χ1) is 16.0. The highest BCUT2D eigenvalue weighted by Crippen LogP contribution is 2.55. The van der Waals surface area contributed by atoms with Crippen molar-refractivity contribution in [2.45, 2.75) is 70.4 Å². The number of hydrogen-bond acceptors (Lipinski definition) is 3. The molecule has 2 aromatic carbocycles. The van der Waals surface area contributed by atoms with Crippen LogP contribution < -0.4 is 5.32 Å². The topological polar surface area (TPSA) is 42.7 Å². The van der Waals surface area contributed by atoms with Crippen molar-refractivity contribution < 1.29 is 4.39 Å². The van der Waals surface area contributed by atoms with Crippen LogP contribution in [0.4, 0.5) is 4.39 Å². The maximum absolute atomic E-state index is 13.6. The lowest BCUT2D eigenvalue weighted by Gasteiger charge is -2.57. The molecule has 172 valence electrons. The molecule has 4 bridgehead atoms. The van der Waals surface area contributed by atoms with Crippen LogP contribution in [0.3, 0.4) is 0 Å². The van der Waals surface area contributed by atoms with Gasteiger partial charge in [-0.25, -0.2) is 14.1 Å². The number of rotatable bonds is 6. The third kappa shape index (κ3) is 4.01. The molecule has 0 radical (unpaired) electrons. The molecule has 0 atom stereocenters. The zero-order chi connectivity index (χ0) is 22.6. The Morgan fingerprint density at radius 1 is 0.939 bits per heavy atom. The summed E-state index contributed by atoms with van der Waals surface area (Å²) in [4.78, 5) is 4.97. The number of halogens is 1. The van der Waals surface area contributed by atoms with Gasteiger partial charge in [0, 0.05) is 11.1 Å². The second-order valence-corrected chi connectivity index (χ2v) is 11.1. The summed E-state index contributed by atoms with van der Waals surface area (Å²) in [6.45, 7) is 5.08. The van der Waals surface area contributed by atoms with Gasteiger partial charge in [0.15, 0.2) is 11.6 Å². The summed E-state index contributed by atoms with van der Waals surface area (Å²) >= 11 is 0. The maximum atomic E-state index is 13.6. The monoisotopic (exact) mass is 444 g/mol. The average molecular weight is 445 g/mol. The van der Waals surface area contributed by atoms with E-state index in [1.54, 1.807) is 12.1 Å². The van der Waals surface area contributed by atoms with Crippen LogP contribution in [0.1, 0.15) is 69.7 Å². The maximum Gasteiger partial charge on any atom is 0.165 e. The lowest BCUT2D eigenvalue weighted by molar-refractivity contribution is -0.0209. The molecule has 33 heavy (non-hydrogen) atoms. The van der Waals surface area contributed by atoms with E-state index in [1.165, 1.54) is 56.2 Å². The van der Waals surface area contributed by atoms with Crippen LogP contribution in [-0.2, 0) is 6.54 Å². The summed E-state index contributed by atoms with van der Waals surface area (Å²) in [5.41, 5.74) is 3.43. The Morgan fingerprint density at radius 3 is 2.12 bits per heavy atom. The van der Waals surface area contributed by atoms with E-state index >= 15 is 0 Å². The van der Waals surface area contributed by atoms with Crippen LogP contribution in [0, 0.1) is 23.6 Å². The van der Waals surface area contributed by atoms with Crippen LogP contribution in [0.15, 0.2) is 48.5 Å². The molecule has 4 aliphatic rings. The zero-order valence-electron chi connectivity index (χ0n) is 19.6. The minimum Gasteiger partial charge on any atom is -0.304 e. The van der Waals surface area contributed by atoms with E-state index < -0.39 is 0 Å². The minimum atomic E-state index is -0.245. The number of nitrogens with zero attached hydrogens (tertiary/aromatic N) is 3. The molecule has 0 saturated heterocycles. The van der Waals surface area contributed by atoms with Crippen molar-refractivity contribution >= 4 is 0 Å². The van der Waals surface area contributed by atoms with Crippen molar-refractivity contribution in [2.24, 2.45) is 17.8 Å². The molecule has 1 heterocycles. The van der Waals surface area contributed by atoms with Crippen molar-refractivity contribution in [3.8, 4) is 17.1 Å². The third-order valence-electron chi connectivity index (χ3n) is 8.22. The van der Waals surface area contributed by atoms with Gasteiger partial charge in [0.2, 0.25) is 0 Å². The highest BCUT2D eigenvalue weighted by Gasteiger charge is 2.50. The van der Waals surface area contributed by atoms with Gasteiger partial charge in [-0.2, -0.15) is 0 Å². The minimum absolute atomic E-state index is 0.245. The summed E-state index contributed by atoms with van der Waals surface area (Å²) in [6, 6.07) is 15.1. The Kier molecular flexibility index (Phi) is 5.13. The van der Waals surface area contributed by atoms with Crippen LogP contribution >= 0.6 is 0 Å². The molecule has 0 amide bonds. The van der Waals surface area contributed by atoms with E-state index in [1.807, 2.05) is 4.68 Å². The average Bonchev–Trinajstić information content (AvgIpc) is 3.22. The Hall–Kier alpha value is -2.53. The third-order valence-corrected chi connectivity index (χ3v) is 8.22. The van der Waals surface area contributed by atoms with E-state index in [0.717, 1.165) is 40.7 Å². The van der Waals surface area contributed by atoms with Crippen molar-refractivity contribution in [1.82, 2.24) is 20.1 Å². The smallest absolute Gasteiger partial charge is 0.165 e. The molecule has 4 nitrogen and oxygen atoms in total. The fourth-order valence-electron chi connectivity index (χ4n) is 6.99. The van der Waals surface area contributed by atoms with Crippen LogP contribution in [0.5, 0.6) is 0 Å². The largest absolute Gasteiger partial charge is 0.304 e. The van der Waals surface area contributed by atoms with Gasteiger partial charge in [-0.05, 0) is 92.0 Å². The van der Waals surface area contributed by atoms with Crippen molar-refractivity contribution in [2.75, 3.05) is 0 Å². The molecular formula is C28H33FN4. The zero-order valence-corrected chi connectivity index (χ0v) is 19.6. The lowest BCUT2D eigenvalue weighted by atomic mass is 9.53. The van der Waals surface area contributed by atoms with Crippen molar-refractivity contribution in [3.63, 3.8) is 0 Å². The molecule has 4 saturated carbocycles. The highest BCUT2D eigenvalue weighted by molar-refractivity contribution is 5.58. The predicted octanol–water partition coefficient (Wildman–Crippen LogP) is 6.26. The van der Waals surface area contributed by atoms with Gasteiger partial charge >= 0.3 is 0 Å². The number of benzene rings is 2. The molecule has 4 fully saturated rings. The Balaban J connectivity index is 1.30. The normalized spacial score (nSPS) is 28.1. The molecular weight excluding hydrogens is 411 g/mol. The fourth-order valence-corrected chi connectivity index (χ4v) is 6.99. The van der Waals surface area contributed by atoms with Gasteiger partial charge in [0.25, 0.3) is 0 Å². The van der Waals surface area contributed by atoms with Gasteiger partial charge in [0.05, 0.1) is 12.2 Å². The molecule has 0 aliphatic heterocycles. The van der Waals surface area contributed by atoms with Crippen molar-refractivity contribution in [3.05, 3.63) is 65.7 Å². The van der Waals surface area contributed by atoms with E-state index in [4.69, 9.17) is 10.1 Å². The van der Waals surface area contributed by atoms with Crippen LogP contribution in [0.2, 0.25) is 0 Å². The first-order valence-corrected chi connectivity index (χ1v) is 12.5. The first-order valence-electron chi connectivity index (χ1n) is 12.5. The van der Waals surface area contributed by atoms with E-state index in [0.29, 0.717) is 12.5 Å². The summed E-state index contributed by atoms with van der Waals surface area (Å²) in [5, 5.41) is 8.80. The SMILES string of the molecule is CC(C)c1ccc(-c2nc(CNC34CC5CC(CC(C5)C3)C4)nn2-c2ccc(F)cc2)cc1. The molecule has 0 unspecified atom stereocenters. The Bertz CT molecular complexity index is 1090. The van der Waals surface area contributed by atoms with E-state index in [2.05, 4.69) is 43.4 Å². The van der Waals surface area contributed by atoms with E-state index in [-0.39, 0.29) is 11.4 Å². The second kappa shape index (κ2) is 8.05. The van der Waals surface area contributed by atoms with Gasteiger partial charge < -0.3 is 5.32 Å². The standard InChI is InChI=1S/C28H33FN4/c1-18(2)22-3-5-23(6-4-22)27-31-26(32-33(27)25-9-7-24(29)8-10-25)17-30-28-14-19-11-20(15-28)13-21(12-19)16-28/h3-10,18-21,30H,11-17H2,1-2H3. The molecule has 0 spiro atoms. The molecule has 4 aliphatic carbocycles. The number of hydrogen-bond donors (Lipinski definition) is 1. The summed E-state index contributed by atoms with van der Waals surface area (Å²) in [6.07, 6.45) is 8.24. The Labute approximate surface area is 195 Å². The van der Waals surface area contributed by atoms with Gasteiger partial charge in [-0.15, -0.1) is 5.10 Å². The summed E-state index contributed by atoms with van der Waals surface area (Å²) in [7, 11) is 0. The fraction of sp³-hybridized carbons (Fsp3) is 0.500. The summed E-state index contributed by atoms with van der Waals surface area (Å²) in [5.74, 6) is 4.56. The van der Waals surface area contributed by atoms with Gasteiger partial charge in [-0.3, -0.25) is 0 Å². The van der Waals surface area contributed by atoms with E-state index in [9.17, 15) is 4.39 Å². The first kappa shape index (κ1) is 21.0. The molecule has 3 aromatic rings. The van der Waals surface area contributed by atoms with Crippen molar-refractivity contribution in [1.29, 1.82) is 0 Å². The lowest BCUT2D eigenvalue weighted by Crippen LogP contribution is -2.58.